The molecule has 2 aliphatic rings. The van der Waals surface area contributed by atoms with Crippen LogP contribution >= 0.6 is 11.5 Å². The van der Waals surface area contributed by atoms with Crippen molar-refractivity contribution in [2.24, 2.45) is 0 Å². The second kappa shape index (κ2) is 13.7. The molecular weight excluding hydrogens is 562 g/mol. The first-order chi connectivity index (χ1) is 20.7. The number of nitrogens with one attached hydrogen (secondary N) is 2. The summed E-state index contributed by atoms with van der Waals surface area (Å²) in [4.78, 5) is 43.5. The zero-order valence-corrected chi connectivity index (χ0v) is 26.0. The number of aromatic nitrogens is 1. The van der Waals surface area contributed by atoms with Gasteiger partial charge in [0.05, 0.1) is 11.8 Å². The van der Waals surface area contributed by atoms with E-state index in [1.807, 2.05) is 63.2 Å². The lowest BCUT2D eigenvalue weighted by Crippen LogP contribution is -2.46. The Hall–Kier alpha value is -3.76. The van der Waals surface area contributed by atoms with E-state index in [0.29, 0.717) is 24.4 Å². The summed E-state index contributed by atoms with van der Waals surface area (Å²) in [5.74, 6) is -1.19. The zero-order chi connectivity index (χ0) is 30.5. The molecule has 9 nitrogen and oxygen atoms in total. The van der Waals surface area contributed by atoms with Gasteiger partial charge in [0.25, 0.3) is 11.8 Å². The van der Waals surface area contributed by atoms with Gasteiger partial charge in [-0.1, -0.05) is 61.2 Å². The van der Waals surface area contributed by atoms with Gasteiger partial charge in [0.1, 0.15) is 10.9 Å². The van der Waals surface area contributed by atoms with E-state index in [1.165, 1.54) is 11.3 Å². The molecule has 43 heavy (non-hydrogen) atoms. The number of nitrogens with two attached hydrogens (primary N) is 1. The average Bonchev–Trinajstić information content (AvgIpc) is 3.67. The van der Waals surface area contributed by atoms with Crippen LogP contribution in [0.15, 0.2) is 42.5 Å². The second-order valence-electron chi connectivity index (χ2n) is 11.7. The van der Waals surface area contributed by atoms with Crippen molar-refractivity contribution in [3.63, 3.8) is 0 Å². The molecule has 2 heterocycles. The highest BCUT2D eigenvalue weighted by Crippen LogP contribution is 2.36. The lowest BCUT2D eigenvalue weighted by molar-refractivity contribution is -0.123. The lowest BCUT2D eigenvalue weighted by Gasteiger charge is -2.33. The van der Waals surface area contributed by atoms with Gasteiger partial charge in [0, 0.05) is 24.9 Å². The summed E-state index contributed by atoms with van der Waals surface area (Å²) in [6.07, 6.45) is 6.91. The average molecular weight is 604 g/mol. The summed E-state index contributed by atoms with van der Waals surface area (Å²) in [5.41, 5.74) is 10.7. The number of ether oxygens (including phenoxy) is 1. The summed E-state index contributed by atoms with van der Waals surface area (Å²) in [5, 5.41) is 6.09. The van der Waals surface area contributed by atoms with Gasteiger partial charge in [0.2, 0.25) is 5.91 Å². The number of carbonyl (C=O) groups excluding carboxylic acids is 3. The number of benzene rings is 2. The van der Waals surface area contributed by atoms with Crippen LogP contribution in [0.1, 0.15) is 93.4 Å². The molecule has 0 spiro atoms. The fourth-order valence-corrected chi connectivity index (χ4v) is 6.61. The molecule has 10 heteroatoms. The first-order valence-corrected chi connectivity index (χ1v) is 15.9. The van der Waals surface area contributed by atoms with Crippen LogP contribution in [0.2, 0.25) is 0 Å². The van der Waals surface area contributed by atoms with Gasteiger partial charge in [-0.2, -0.15) is 4.37 Å². The first-order valence-electron chi connectivity index (χ1n) is 15.2. The summed E-state index contributed by atoms with van der Waals surface area (Å²) < 4.78 is 10.1. The number of hydrogen-bond donors (Lipinski definition) is 3. The highest BCUT2D eigenvalue weighted by Gasteiger charge is 2.37. The fourth-order valence-electron chi connectivity index (χ4n) is 5.87. The maximum atomic E-state index is 14.6. The summed E-state index contributed by atoms with van der Waals surface area (Å²) in [7, 11) is 0. The number of hydrogen-bond acceptors (Lipinski definition) is 7. The van der Waals surface area contributed by atoms with Crippen molar-refractivity contribution in [2.75, 3.05) is 23.8 Å². The molecule has 4 N–H and O–H groups in total. The van der Waals surface area contributed by atoms with E-state index in [2.05, 4.69) is 15.0 Å². The van der Waals surface area contributed by atoms with Crippen molar-refractivity contribution in [3.8, 4) is 0 Å². The van der Waals surface area contributed by atoms with Crippen LogP contribution in [-0.2, 0) is 9.53 Å². The number of anilines is 2. The highest BCUT2D eigenvalue weighted by atomic mass is 32.1. The molecule has 2 aromatic carbocycles. The van der Waals surface area contributed by atoms with E-state index in [-0.39, 0.29) is 40.2 Å². The van der Waals surface area contributed by atoms with E-state index in [9.17, 15) is 14.4 Å². The Balaban J connectivity index is 1.54. The lowest BCUT2D eigenvalue weighted by atomic mass is 9.95. The van der Waals surface area contributed by atoms with Crippen molar-refractivity contribution >= 4 is 40.6 Å². The molecule has 1 aliphatic heterocycles. The molecule has 1 aromatic heterocycles. The maximum absolute atomic E-state index is 14.6. The Kier molecular flexibility index (Phi) is 9.77. The quantitative estimate of drug-likeness (QED) is 0.301. The summed E-state index contributed by atoms with van der Waals surface area (Å²) in [6, 6.07) is 12.3. The van der Waals surface area contributed by atoms with E-state index < -0.39 is 11.9 Å². The SMILES string of the molecule is Cc1ccc(C(C(=O)NCC2CCCO2)N(C(=O)c2snc(C(=O)NC3CCCCC3)c2N)c2cccc(C)c2C)cc1. The minimum Gasteiger partial charge on any atom is -0.395 e. The molecular formula is C33H41N5O4S. The number of nitrogens with zero attached hydrogens (tertiary/aromatic N) is 2. The molecule has 1 aliphatic carbocycles. The van der Waals surface area contributed by atoms with Crippen LogP contribution in [0.25, 0.3) is 0 Å². The standard InChI is InChI=1S/C33H41N5O4S/c1-20-14-16-23(17-15-20)29(32(40)35-19-25-12-8-18-42-25)38(26-13-7-9-21(2)22(26)3)33(41)30-27(34)28(37-43-30)31(39)36-24-10-5-4-6-11-24/h7,9,13-17,24-25,29H,4-6,8,10-12,18-19,34H2,1-3H3,(H,35,40)(H,36,39). The molecule has 2 unspecified atom stereocenters. The minimum absolute atomic E-state index is 0.0287. The molecule has 228 valence electrons. The Morgan fingerprint density at radius 1 is 1.02 bits per heavy atom. The number of amides is 3. The van der Waals surface area contributed by atoms with Gasteiger partial charge in [0.15, 0.2) is 5.69 Å². The largest absolute Gasteiger partial charge is 0.395 e. The molecule has 0 bridgehead atoms. The van der Waals surface area contributed by atoms with Crippen LogP contribution in [0.3, 0.4) is 0 Å². The van der Waals surface area contributed by atoms with Gasteiger partial charge < -0.3 is 21.1 Å². The van der Waals surface area contributed by atoms with Crippen molar-refractivity contribution in [1.29, 1.82) is 0 Å². The Bertz CT molecular complexity index is 1460. The molecule has 5 rings (SSSR count). The zero-order valence-electron chi connectivity index (χ0n) is 25.2. The third kappa shape index (κ3) is 6.91. The van der Waals surface area contributed by atoms with Crippen LogP contribution in [0.4, 0.5) is 11.4 Å². The monoisotopic (exact) mass is 603 g/mol. The van der Waals surface area contributed by atoms with Gasteiger partial charge in [-0.15, -0.1) is 0 Å². The second-order valence-corrected chi connectivity index (χ2v) is 12.4. The predicted octanol–water partition coefficient (Wildman–Crippen LogP) is 5.40. The van der Waals surface area contributed by atoms with Crippen molar-refractivity contribution in [3.05, 3.63) is 75.3 Å². The van der Waals surface area contributed by atoms with E-state index in [4.69, 9.17) is 10.5 Å². The topological polar surface area (TPSA) is 127 Å². The smallest absolute Gasteiger partial charge is 0.273 e. The molecule has 2 fully saturated rings. The van der Waals surface area contributed by atoms with E-state index in [1.54, 1.807) is 0 Å². The normalized spacial score (nSPS) is 17.8. The van der Waals surface area contributed by atoms with Crippen LogP contribution in [0.5, 0.6) is 0 Å². The van der Waals surface area contributed by atoms with Gasteiger partial charge in [-0.25, -0.2) is 0 Å². The minimum atomic E-state index is -1.00. The van der Waals surface area contributed by atoms with Crippen molar-refractivity contribution < 1.29 is 19.1 Å². The van der Waals surface area contributed by atoms with Crippen LogP contribution < -0.4 is 21.3 Å². The first kappa shape index (κ1) is 30.7. The van der Waals surface area contributed by atoms with Gasteiger partial charge in [-0.05, 0) is 80.7 Å². The van der Waals surface area contributed by atoms with E-state index >= 15 is 0 Å². The predicted molar refractivity (Wildman–Crippen MR) is 169 cm³/mol. The number of carbonyl (C=O) groups is 3. The molecule has 1 saturated carbocycles. The number of aryl methyl sites for hydroxylation is 2. The van der Waals surface area contributed by atoms with Crippen LogP contribution in [-0.4, -0.2) is 47.4 Å². The Morgan fingerprint density at radius 2 is 1.77 bits per heavy atom. The highest BCUT2D eigenvalue weighted by molar-refractivity contribution is 7.09. The number of nitrogen functional groups attached to an aromatic ring is 1. The van der Waals surface area contributed by atoms with Gasteiger partial charge >= 0.3 is 0 Å². The van der Waals surface area contributed by atoms with Crippen LogP contribution in [0, 0.1) is 20.8 Å². The molecule has 0 radical (unpaired) electrons. The van der Waals surface area contributed by atoms with Crippen molar-refractivity contribution in [1.82, 2.24) is 15.0 Å². The third-order valence-corrected chi connectivity index (χ3v) is 9.41. The fraction of sp³-hybridized carbons (Fsp3) is 0.455. The molecule has 2 atom stereocenters. The van der Waals surface area contributed by atoms with E-state index in [0.717, 1.165) is 66.7 Å². The number of rotatable bonds is 9. The van der Waals surface area contributed by atoms with Gasteiger partial charge in [-0.3, -0.25) is 19.3 Å². The molecule has 3 amide bonds. The summed E-state index contributed by atoms with van der Waals surface area (Å²) >= 11 is 0.889. The Labute approximate surface area is 257 Å². The third-order valence-electron chi connectivity index (χ3n) is 8.56. The summed E-state index contributed by atoms with van der Waals surface area (Å²) in [6.45, 7) is 6.90. The molecule has 1 saturated heterocycles. The maximum Gasteiger partial charge on any atom is 0.273 e. The Morgan fingerprint density at radius 3 is 2.47 bits per heavy atom. The molecule has 3 aromatic rings. The van der Waals surface area contributed by atoms with Crippen molar-refractivity contribution in [2.45, 2.75) is 83.9 Å².